The number of ether oxygens (including phenoxy) is 1. The van der Waals surface area contributed by atoms with E-state index in [0.29, 0.717) is 23.9 Å². The predicted octanol–water partition coefficient (Wildman–Crippen LogP) is 2.54. The number of carbonyl (C=O) groups excluding carboxylic acids is 1. The quantitative estimate of drug-likeness (QED) is 0.772. The lowest BCUT2D eigenvalue weighted by atomic mass is 10.1. The van der Waals surface area contributed by atoms with Crippen molar-refractivity contribution in [1.82, 2.24) is 9.88 Å². The van der Waals surface area contributed by atoms with Gasteiger partial charge in [-0.1, -0.05) is 11.6 Å². The number of aromatic nitrogens is 1. The molecule has 0 N–H and O–H groups in total. The molecular formula is C13H19ClN2O2. The maximum Gasteiger partial charge on any atom is 0.254 e. The standard InChI is InChI=1S/C13H19ClN2O2/c1-5-16(10(3)8-18-4)13(17)11-6-9(2)15-12(14)7-11/h6-7,10H,5,8H2,1-4H3. The van der Waals surface area contributed by atoms with Gasteiger partial charge in [-0.05, 0) is 32.9 Å². The van der Waals surface area contributed by atoms with Crippen molar-refractivity contribution in [3.05, 3.63) is 28.5 Å². The summed E-state index contributed by atoms with van der Waals surface area (Å²) in [4.78, 5) is 18.2. The minimum absolute atomic E-state index is 0.0275. The van der Waals surface area contributed by atoms with Gasteiger partial charge in [-0.15, -0.1) is 0 Å². The number of aryl methyl sites for hydroxylation is 1. The van der Waals surface area contributed by atoms with Crippen LogP contribution in [0.15, 0.2) is 12.1 Å². The largest absolute Gasteiger partial charge is 0.383 e. The molecule has 1 unspecified atom stereocenters. The van der Waals surface area contributed by atoms with E-state index in [1.807, 2.05) is 20.8 Å². The van der Waals surface area contributed by atoms with Gasteiger partial charge in [0.2, 0.25) is 0 Å². The van der Waals surface area contributed by atoms with Gasteiger partial charge in [-0.2, -0.15) is 0 Å². The molecule has 0 aliphatic heterocycles. The van der Waals surface area contributed by atoms with E-state index in [1.165, 1.54) is 0 Å². The summed E-state index contributed by atoms with van der Waals surface area (Å²) in [6, 6.07) is 3.37. The van der Waals surface area contributed by atoms with Crippen LogP contribution in [0, 0.1) is 6.92 Å². The number of amides is 1. The molecule has 1 aromatic heterocycles. The van der Waals surface area contributed by atoms with E-state index in [4.69, 9.17) is 16.3 Å². The zero-order valence-electron chi connectivity index (χ0n) is 11.2. The molecule has 1 rings (SSSR count). The van der Waals surface area contributed by atoms with Crippen LogP contribution in [-0.4, -0.2) is 42.1 Å². The zero-order chi connectivity index (χ0) is 13.7. The molecule has 1 amide bonds. The fourth-order valence-corrected chi connectivity index (χ4v) is 2.15. The van der Waals surface area contributed by atoms with Gasteiger partial charge in [0.15, 0.2) is 0 Å². The number of likely N-dealkylation sites (N-methyl/N-ethyl adjacent to an activating group) is 1. The fourth-order valence-electron chi connectivity index (χ4n) is 1.90. The van der Waals surface area contributed by atoms with E-state index in [2.05, 4.69) is 4.98 Å². The molecule has 0 radical (unpaired) electrons. The van der Waals surface area contributed by atoms with Crippen LogP contribution in [0.2, 0.25) is 5.15 Å². The summed E-state index contributed by atoms with van der Waals surface area (Å²) in [7, 11) is 1.63. The number of hydrogen-bond donors (Lipinski definition) is 0. The summed E-state index contributed by atoms with van der Waals surface area (Å²) in [6.45, 7) is 6.86. The predicted molar refractivity (Wildman–Crippen MR) is 72.0 cm³/mol. The maximum absolute atomic E-state index is 12.4. The topological polar surface area (TPSA) is 42.4 Å². The van der Waals surface area contributed by atoms with E-state index >= 15 is 0 Å². The Morgan fingerprint density at radius 1 is 1.56 bits per heavy atom. The van der Waals surface area contributed by atoms with E-state index < -0.39 is 0 Å². The lowest BCUT2D eigenvalue weighted by Crippen LogP contribution is -2.41. The molecule has 4 nitrogen and oxygen atoms in total. The molecule has 0 saturated heterocycles. The highest BCUT2D eigenvalue weighted by Gasteiger charge is 2.20. The van der Waals surface area contributed by atoms with Crippen molar-refractivity contribution in [2.45, 2.75) is 26.8 Å². The number of pyridine rings is 1. The van der Waals surface area contributed by atoms with Crippen molar-refractivity contribution in [1.29, 1.82) is 0 Å². The molecule has 0 spiro atoms. The van der Waals surface area contributed by atoms with Crippen molar-refractivity contribution in [3.63, 3.8) is 0 Å². The molecular weight excluding hydrogens is 252 g/mol. The van der Waals surface area contributed by atoms with Crippen LogP contribution in [0.3, 0.4) is 0 Å². The molecule has 0 aliphatic carbocycles. The van der Waals surface area contributed by atoms with Crippen LogP contribution in [0.25, 0.3) is 0 Å². The Morgan fingerprint density at radius 2 is 2.22 bits per heavy atom. The molecule has 0 fully saturated rings. The van der Waals surface area contributed by atoms with Crippen LogP contribution in [0.4, 0.5) is 0 Å². The van der Waals surface area contributed by atoms with E-state index in [1.54, 1.807) is 24.1 Å². The highest BCUT2D eigenvalue weighted by molar-refractivity contribution is 6.29. The number of methoxy groups -OCH3 is 1. The van der Waals surface area contributed by atoms with Crippen molar-refractivity contribution < 1.29 is 9.53 Å². The van der Waals surface area contributed by atoms with E-state index in [-0.39, 0.29) is 11.9 Å². The summed E-state index contributed by atoms with van der Waals surface area (Å²) >= 11 is 5.88. The van der Waals surface area contributed by atoms with Gasteiger partial charge in [-0.25, -0.2) is 4.98 Å². The Balaban J connectivity index is 2.96. The first-order chi connectivity index (χ1) is 8.49. The molecule has 0 bridgehead atoms. The van der Waals surface area contributed by atoms with Crippen molar-refractivity contribution in [2.24, 2.45) is 0 Å². The molecule has 0 aliphatic rings. The van der Waals surface area contributed by atoms with Gasteiger partial charge in [0.05, 0.1) is 12.6 Å². The second kappa shape index (κ2) is 6.71. The molecule has 1 atom stereocenters. The van der Waals surface area contributed by atoms with Crippen LogP contribution in [0.5, 0.6) is 0 Å². The fraction of sp³-hybridized carbons (Fsp3) is 0.538. The minimum Gasteiger partial charge on any atom is -0.383 e. The Kier molecular flexibility index (Phi) is 5.56. The first-order valence-corrected chi connectivity index (χ1v) is 6.31. The third kappa shape index (κ3) is 3.68. The Bertz CT molecular complexity index is 403. The molecule has 0 aromatic carbocycles. The Labute approximate surface area is 113 Å². The van der Waals surface area contributed by atoms with Gasteiger partial charge in [0, 0.05) is 24.9 Å². The van der Waals surface area contributed by atoms with Gasteiger partial charge in [0.25, 0.3) is 5.91 Å². The summed E-state index contributed by atoms with van der Waals surface area (Å²) in [5.74, 6) is -0.0468. The van der Waals surface area contributed by atoms with Crippen LogP contribution in [-0.2, 0) is 4.74 Å². The number of halogens is 1. The monoisotopic (exact) mass is 270 g/mol. The summed E-state index contributed by atoms with van der Waals surface area (Å²) in [6.07, 6.45) is 0. The summed E-state index contributed by atoms with van der Waals surface area (Å²) < 4.78 is 5.09. The van der Waals surface area contributed by atoms with Crippen molar-refractivity contribution >= 4 is 17.5 Å². The highest BCUT2D eigenvalue weighted by atomic mass is 35.5. The third-order valence-corrected chi connectivity index (χ3v) is 2.90. The number of rotatable bonds is 5. The lowest BCUT2D eigenvalue weighted by Gasteiger charge is -2.27. The van der Waals surface area contributed by atoms with Gasteiger partial charge in [-0.3, -0.25) is 4.79 Å². The zero-order valence-corrected chi connectivity index (χ0v) is 12.0. The Hall–Kier alpha value is -1.13. The molecule has 1 aromatic rings. The number of nitrogens with zero attached hydrogens (tertiary/aromatic N) is 2. The van der Waals surface area contributed by atoms with Crippen LogP contribution >= 0.6 is 11.6 Å². The number of carbonyl (C=O) groups is 1. The second-order valence-corrected chi connectivity index (χ2v) is 4.60. The maximum atomic E-state index is 12.4. The van der Waals surface area contributed by atoms with Crippen LogP contribution < -0.4 is 0 Å². The SMILES string of the molecule is CCN(C(=O)c1cc(C)nc(Cl)c1)C(C)COC. The average molecular weight is 271 g/mol. The van der Waals surface area contributed by atoms with Gasteiger partial charge in [0.1, 0.15) is 5.15 Å². The first-order valence-electron chi connectivity index (χ1n) is 5.93. The third-order valence-electron chi connectivity index (χ3n) is 2.71. The molecule has 18 heavy (non-hydrogen) atoms. The lowest BCUT2D eigenvalue weighted by molar-refractivity contribution is 0.0579. The van der Waals surface area contributed by atoms with Crippen molar-refractivity contribution in [3.8, 4) is 0 Å². The number of hydrogen-bond acceptors (Lipinski definition) is 3. The second-order valence-electron chi connectivity index (χ2n) is 4.22. The molecule has 5 heteroatoms. The van der Waals surface area contributed by atoms with E-state index in [9.17, 15) is 4.79 Å². The molecule has 100 valence electrons. The normalized spacial score (nSPS) is 12.3. The smallest absolute Gasteiger partial charge is 0.254 e. The Morgan fingerprint density at radius 3 is 2.72 bits per heavy atom. The van der Waals surface area contributed by atoms with Gasteiger partial charge >= 0.3 is 0 Å². The molecule has 0 saturated carbocycles. The minimum atomic E-state index is -0.0468. The summed E-state index contributed by atoms with van der Waals surface area (Å²) in [5, 5.41) is 0.341. The first kappa shape index (κ1) is 14.9. The van der Waals surface area contributed by atoms with Crippen LogP contribution in [0.1, 0.15) is 29.9 Å². The summed E-state index contributed by atoms with van der Waals surface area (Å²) in [5.41, 5.74) is 1.30. The average Bonchev–Trinajstić information content (AvgIpc) is 2.28. The molecule has 1 heterocycles. The van der Waals surface area contributed by atoms with Gasteiger partial charge < -0.3 is 9.64 Å². The highest BCUT2D eigenvalue weighted by Crippen LogP contribution is 2.14. The van der Waals surface area contributed by atoms with Crippen molar-refractivity contribution in [2.75, 3.05) is 20.3 Å². The van der Waals surface area contributed by atoms with E-state index in [0.717, 1.165) is 5.69 Å².